The van der Waals surface area contributed by atoms with Crippen molar-refractivity contribution >= 4 is 17.9 Å². The van der Waals surface area contributed by atoms with Gasteiger partial charge in [-0.3, -0.25) is 4.79 Å². The van der Waals surface area contributed by atoms with Crippen LogP contribution in [0.1, 0.15) is 27.2 Å². The van der Waals surface area contributed by atoms with E-state index >= 15 is 0 Å². The Balaban J connectivity index is 5.33. The first-order chi connectivity index (χ1) is 13.4. The van der Waals surface area contributed by atoms with Crippen molar-refractivity contribution in [3.8, 4) is 0 Å². The maximum absolute atomic E-state index is 11.9. The number of carbonyl (C=O) groups is 3. The zero-order valence-corrected chi connectivity index (χ0v) is 16.4. The molecule has 8 heteroatoms. The second-order valence-corrected chi connectivity index (χ2v) is 4.91. The van der Waals surface area contributed by atoms with E-state index in [9.17, 15) is 19.5 Å². The fourth-order valence-corrected chi connectivity index (χ4v) is 1.78. The zero-order chi connectivity index (χ0) is 21.4. The molecule has 156 valence electrons. The lowest BCUT2D eigenvalue weighted by atomic mass is 10.1. The minimum atomic E-state index is -0.803. The van der Waals surface area contributed by atoms with Crippen LogP contribution in [0.2, 0.25) is 0 Å². The van der Waals surface area contributed by atoms with Crippen molar-refractivity contribution in [1.29, 1.82) is 0 Å². The molecule has 0 saturated heterocycles. The van der Waals surface area contributed by atoms with E-state index in [1.165, 1.54) is 30.4 Å². The summed E-state index contributed by atoms with van der Waals surface area (Å²) in [5.41, 5.74) is -0.188. The van der Waals surface area contributed by atoms with Crippen molar-refractivity contribution < 1.29 is 38.4 Å². The molecule has 0 radical (unpaired) electrons. The van der Waals surface area contributed by atoms with E-state index < -0.39 is 23.9 Å². The van der Waals surface area contributed by atoms with Gasteiger partial charge in [0.25, 0.3) is 0 Å². The summed E-state index contributed by atoms with van der Waals surface area (Å²) in [5.74, 6) is -2.87. The highest BCUT2D eigenvalue weighted by Crippen LogP contribution is 2.08. The van der Waals surface area contributed by atoms with Crippen molar-refractivity contribution in [2.75, 3.05) is 26.4 Å². The third kappa shape index (κ3) is 10.2. The lowest BCUT2D eigenvalue weighted by Gasteiger charge is -2.15. The fourth-order valence-electron chi connectivity index (χ4n) is 1.78. The van der Waals surface area contributed by atoms with Crippen molar-refractivity contribution in [2.45, 2.75) is 27.2 Å². The largest absolute Gasteiger partial charge is 0.613 e. The molecule has 0 aliphatic rings. The maximum Gasteiger partial charge on any atom is 0.339 e. The van der Waals surface area contributed by atoms with Crippen LogP contribution in [-0.2, 0) is 33.3 Å². The molecule has 0 aliphatic heterocycles. The molecule has 0 unspecified atom stereocenters. The second-order valence-electron chi connectivity index (χ2n) is 4.91. The van der Waals surface area contributed by atoms with Crippen LogP contribution in [0.15, 0.2) is 47.5 Å². The highest BCUT2D eigenvalue weighted by molar-refractivity contribution is 5.94. The van der Waals surface area contributed by atoms with Crippen LogP contribution in [0.3, 0.4) is 0 Å². The number of hydrogen-bond acceptors (Lipinski definition) is 8. The predicted octanol–water partition coefficient (Wildman–Crippen LogP) is 1.53. The van der Waals surface area contributed by atoms with Crippen molar-refractivity contribution in [1.82, 2.24) is 0 Å². The molecule has 0 aromatic rings. The van der Waals surface area contributed by atoms with E-state index in [1.807, 2.05) is 0 Å². The van der Waals surface area contributed by atoms with Crippen LogP contribution in [-0.4, -0.2) is 44.3 Å². The van der Waals surface area contributed by atoms with Crippen molar-refractivity contribution in [3.05, 3.63) is 54.4 Å². The van der Waals surface area contributed by atoms with Crippen molar-refractivity contribution in [3.63, 3.8) is 0 Å². The normalized spacial score (nSPS) is 12.6. The molecule has 8 nitrogen and oxygen atoms in total. The monoisotopic (exact) mass is 394 g/mol. The highest BCUT2D eigenvalue weighted by Gasteiger charge is 2.14. The van der Waals surface area contributed by atoms with E-state index in [-0.39, 0.29) is 44.0 Å². The van der Waals surface area contributed by atoms with E-state index in [0.29, 0.717) is 0 Å². The predicted molar refractivity (Wildman–Crippen MR) is 99.2 cm³/mol. The van der Waals surface area contributed by atoms with E-state index in [2.05, 4.69) is 6.92 Å². The molecule has 0 saturated carbocycles. The Hall–Kier alpha value is -3.03. The van der Waals surface area contributed by atoms with Crippen LogP contribution in [0.5, 0.6) is 0 Å². The van der Waals surface area contributed by atoms with Gasteiger partial charge < -0.3 is 31.0 Å². The molecule has 0 spiro atoms. The molecule has 0 aromatic carbocycles. The number of allylic oxidation sites excluding steroid dienone is 4. The Kier molecular flexibility index (Phi) is 13.4. The topological polar surface area (TPSA) is 111 Å². The Morgan fingerprint density at radius 3 is 2.07 bits per heavy atom. The molecule has 0 bridgehead atoms. The minimum absolute atomic E-state index is 0.0757. The van der Waals surface area contributed by atoms with E-state index in [4.69, 9.17) is 18.9 Å². The molecule has 0 N–H and O–H groups in total. The first-order valence-electron chi connectivity index (χ1n) is 8.78. The summed E-state index contributed by atoms with van der Waals surface area (Å²) in [6.45, 7) is 8.62. The first kappa shape index (κ1) is 25.0. The number of ether oxygens (including phenoxy) is 4. The van der Waals surface area contributed by atoms with Gasteiger partial charge in [0.05, 0.1) is 31.2 Å². The van der Waals surface area contributed by atoms with Crippen LogP contribution < -0.4 is 5.11 Å². The average Bonchev–Trinajstić information content (AvgIpc) is 2.64. The van der Waals surface area contributed by atoms with Gasteiger partial charge in [0, 0.05) is 5.57 Å². The first-order valence-corrected chi connectivity index (χ1v) is 8.78. The molecule has 0 heterocycles. The third-order valence-corrected chi connectivity index (χ3v) is 2.91. The third-order valence-electron chi connectivity index (χ3n) is 2.91. The van der Waals surface area contributed by atoms with Gasteiger partial charge in [0.2, 0.25) is 0 Å². The molecule has 0 atom stereocenters. The Morgan fingerprint density at radius 1 is 0.857 bits per heavy atom. The molecule has 0 fully saturated rings. The molecule has 0 aliphatic carbocycles. The number of hydrogen-bond donors (Lipinski definition) is 0. The molecular formula is C20H26O8-2. The number of esters is 3. The second kappa shape index (κ2) is 15.1. The zero-order valence-electron chi connectivity index (χ0n) is 16.4. The summed E-state index contributed by atoms with van der Waals surface area (Å²) in [4.78, 5) is 35.3. The van der Waals surface area contributed by atoms with Gasteiger partial charge in [-0.2, -0.15) is 0 Å². The van der Waals surface area contributed by atoms with Crippen LogP contribution >= 0.6 is 0 Å². The summed E-state index contributed by atoms with van der Waals surface area (Å²) < 4.78 is 19.2. The summed E-state index contributed by atoms with van der Waals surface area (Å²) in [6, 6.07) is 0. The Labute approximate surface area is 165 Å². The van der Waals surface area contributed by atoms with Gasteiger partial charge in [-0.05, 0) is 33.1 Å². The minimum Gasteiger partial charge on any atom is -0.613 e. The van der Waals surface area contributed by atoms with Crippen molar-refractivity contribution in [2.24, 2.45) is 0 Å². The summed E-state index contributed by atoms with van der Waals surface area (Å²) in [5, 5.41) is 11.8. The molecule has 0 amide bonds. The quantitative estimate of drug-likeness (QED) is 0.122. The Morgan fingerprint density at radius 2 is 1.50 bits per heavy atom. The maximum atomic E-state index is 11.9. The smallest absolute Gasteiger partial charge is 0.339 e. The van der Waals surface area contributed by atoms with Gasteiger partial charge in [0.1, 0.15) is 0 Å². The summed E-state index contributed by atoms with van der Waals surface area (Å²) >= 11 is 0. The van der Waals surface area contributed by atoms with Gasteiger partial charge in [0.15, 0.2) is 0 Å². The SMILES string of the molecule is [CH2-]COC(=O)C(=CC=CC=C/C(C(=O)OCC)=C(\[O-])OCC)CC(=O)OCC. The van der Waals surface area contributed by atoms with Gasteiger partial charge >= 0.3 is 17.9 Å². The summed E-state index contributed by atoms with van der Waals surface area (Å²) in [7, 11) is 0. The molecule has 0 aromatic heterocycles. The lowest BCUT2D eigenvalue weighted by Crippen LogP contribution is -2.17. The molecular weight excluding hydrogens is 368 g/mol. The van der Waals surface area contributed by atoms with Crippen LogP contribution in [0.4, 0.5) is 0 Å². The van der Waals surface area contributed by atoms with Gasteiger partial charge in [-0.25, -0.2) is 9.59 Å². The number of rotatable bonds is 12. The van der Waals surface area contributed by atoms with Crippen LogP contribution in [0, 0.1) is 6.92 Å². The lowest BCUT2D eigenvalue weighted by molar-refractivity contribution is -0.357. The van der Waals surface area contributed by atoms with Crippen LogP contribution in [0.25, 0.3) is 0 Å². The molecule has 0 rings (SSSR count). The van der Waals surface area contributed by atoms with E-state index in [1.54, 1.807) is 20.8 Å². The molecule has 28 heavy (non-hydrogen) atoms. The Bertz CT molecular complexity index is 641. The van der Waals surface area contributed by atoms with E-state index in [0.717, 1.165) is 0 Å². The average molecular weight is 394 g/mol. The van der Waals surface area contributed by atoms with Gasteiger partial charge in [-0.1, -0.05) is 31.2 Å². The highest BCUT2D eigenvalue weighted by atomic mass is 16.6. The fraction of sp³-hybridized carbons (Fsp3) is 0.400. The number of carbonyl (C=O) groups excluding carboxylic acids is 3. The summed E-state index contributed by atoms with van der Waals surface area (Å²) in [6.07, 6.45) is 6.65. The standard InChI is InChI=1S/C20H27O8/c1-5-25-17(21)14-15(18(22)26-6-2)12-10-9-11-13-16(19(23)27-7-3)20(24)28-8-4/h9-13,23H,2,5-8,14H2,1,3-4H3/q-1/p-1/b10-9?,13-11?,15-12?,19-16-. The van der Waals surface area contributed by atoms with Gasteiger partial charge in [-0.15, -0.1) is 0 Å².